The summed E-state index contributed by atoms with van der Waals surface area (Å²) in [6, 6.07) is 4.34. The summed E-state index contributed by atoms with van der Waals surface area (Å²) in [6.45, 7) is 6.50. The summed E-state index contributed by atoms with van der Waals surface area (Å²) < 4.78 is 0. The van der Waals surface area contributed by atoms with Crippen LogP contribution < -0.4 is 5.73 Å². The molecule has 1 atom stereocenters. The second-order valence-corrected chi connectivity index (χ2v) is 8.22. The highest BCUT2D eigenvalue weighted by molar-refractivity contribution is 7.99. The van der Waals surface area contributed by atoms with Crippen LogP contribution in [0.1, 0.15) is 25.1 Å². The normalized spacial score (nSPS) is 27.6. The van der Waals surface area contributed by atoms with E-state index in [1.807, 2.05) is 11.3 Å². The van der Waals surface area contributed by atoms with E-state index in [0.717, 1.165) is 18.8 Å². The second-order valence-electron chi connectivity index (χ2n) is 6.20. The van der Waals surface area contributed by atoms with E-state index in [-0.39, 0.29) is 5.54 Å². The van der Waals surface area contributed by atoms with Gasteiger partial charge in [-0.15, -0.1) is 11.3 Å². The molecule has 0 aromatic carbocycles. The van der Waals surface area contributed by atoms with Crippen LogP contribution in [-0.2, 0) is 6.54 Å². The Labute approximate surface area is 119 Å². The van der Waals surface area contributed by atoms with Gasteiger partial charge < -0.3 is 5.73 Å². The van der Waals surface area contributed by atoms with Crippen LogP contribution in [0.15, 0.2) is 17.5 Å². The number of likely N-dealkylation sites (N-methyl/N-ethyl adjacent to an activating group) is 1. The highest BCUT2D eigenvalue weighted by Gasteiger charge is 2.42. The lowest BCUT2D eigenvalue weighted by atomic mass is 9.79. The predicted molar refractivity (Wildman–Crippen MR) is 83.3 cm³/mol. The Morgan fingerprint density at radius 1 is 1.39 bits per heavy atom. The minimum Gasteiger partial charge on any atom is -0.329 e. The second kappa shape index (κ2) is 5.53. The molecule has 1 aromatic rings. The van der Waals surface area contributed by atoms with Gasteiger partial charge in [0.2, 0.25) is 0 Å². The van der Waals surface area contributed by atoms with E-state index in [0.29, 0.717) is 5.41 Å². The first-order valence-corrected chi connectivity index (χ1v) is 8.52. The molecule has 2 heterocycles. The van der Waals surface area contributed by atoms with Crippen molar-refractivity contribution in [3.8, 4) is 0 Å². The number of nitrogens with zero attached hydrogens (tertiary/aromatic N) is 1. The van der Waals surface area contributed by atoms with E-state index in [1.54, 1.807) is 0 Å². The molecule has 0 amide bonds. The number of nitrogens with two attached hydrogens (primary N) is 1. The number of thiophene rings is 1. The Morgan fingerprint density at radius 3 is 2.72 bits per heavy atom. The van der Waals surface area contributed by atoms with Gasteiger partial charge in [-0.25, -0.2) is 0 Å². The largest absolute Gasteiger partial charge is 0.329 e. The summed E-state index contributed by atoms with van der Waals surface area (Å²) in [5.74, 6) is 2.41. The lowest BCUT2D eigenvalue weighted by Gasteiger charge is -2.49. The molecule has 1 aliphatic heterocycles. The SMILES string of the molecule is CN(Cc1cccs1)C1(CN)CSCC(C)(C)C1. The minimum absolute atomic E-state index is 0.163. The van der Waals surface area contributed by atoms with Gasteiger partial charge in [0, 0.05) is 29.3 Å². The minimum atomic E-state index is 0.163. The molecule has 0 radical (unpaired) electrons. The first-order chi connectivity index (χ1) is 8.47. The predicted octanol–water partition coefficient (Wildman–Crippen LogP) is 3.04. The Morgan fingerprint density at radius 2 is 2.17 bits per heavy atom. The summed E-state index contributed by atoms with van der Waals surface area (Å²) in [5, 5.41) is 2.15. The van der Waals surface area contributed by atoms with Crippen LogP contribution in [0.4, 0.5) is 0 Å². The Bertz CT molecular complexity index is 375. The summed E-state index contributed by atoms with van der Waals surface area (Å²) in [7, 11) is 2.23. The van der Waals surface area contributed by atoms with Gasteiger partial charge in [-0.3, -0.25) is 4.90 Å². The zero-order valence-electron chi connectivity index (χ0n) is 11.6. The molecule has 0 aliphatic carbocycles. The van der Waals surface area contributed by atoms with Crippen molar-refractivity contribution in [1.29, 1.82) is 0 Å². The van der Waals surface area contributed by atoms with Crippen LogP contribution in [-0.4, -0.2) is 35.5 Å². The van der Waals surface area contributed by atoms with E-state index >= 15 is 0 Å². The molecule has 0 spiro atoms. The lowest BCUT2D eigenvalue weighted by Crippen LogP contribution is -2.58. The molecule has 2 N–H and O–H groups in total. The van der Waals surface area contributed by atoms with Crippen LogP contribution in [0.3, 0.4) is 0 Å². The van der Waals surface area contributed by atoms with Gasteiger partial charge in [-0.2, -0.15) is 11.8 Å². The summed E-state index contributed by atoms with van der Waals surface area (Å²) in [4.78, 5) is 3.91. The van der Waals surface area contributed by atoms with Gasteiger partial charge in [-0.05, 0) is 36.1 Å². The van der Waals surface area contributed by atoms with Gasteiger partial charge in [0.25, 0.3) is 0 Å². The lowest BCUT2D eigenvalue weighted by molar-refractivity contribution is 0.0879. The van der Waals surface area contributed by atoms with Crippen molar-refractivity contribution in [2.45, 2.75) is 32.4 Å². The first kappa shape index (κ1) is 14.4. The van der Waals surface area contributed by atoms with E-state index < -0.39 is 0 Å². The van der Waals surface area contributed by atoms with Crippen LogP contribution in [0, 0.1) is 5.41 Å². The zero-order valence-corrected chi connectivity index (χ0v) is 13.2. The average Bonchev–Trinajstić information content (AvgIpc) is 2.80. The average molecular weight is 284 g/mol. The Kier molecular flexibility index (Phi) is 4.42. The fraction of sp³-hybridized carbons (Fsp3) is 0.714. The van der Waals surface area contributed by atoms with Crippen LogP contribution >= 0.6 is 23.1 Å². The standard InChI is InChI=1S/C14H24N2S2/c1-13(2)8-14(9-15,11-17-10-13)16(3)7-12-5-4-6-18-12/h4-6H,7-11,15H2,1-3H3. The van der Waals surface area contributed by atoms with Crippen molar-refractivity contribution >= 4 is 23.1 Å². The number of hydrogen-bond acceptors (Lipinski definition) is 4. The number of hydrogen-bond donors (Lipinski definition) is 1. The molecular formula is C14H24N2S2. The molecule has 102 valence electrons. The van der Waals surface area contributed by atoms with Crippen LogP contribution in [0.5, 0.6) is 0 Å². The van der Waals surface area contributed by atoms with Crippen molar-refractivity contribution < 1.29 is 0 Å². The van der Waals surface area contributed by atoms with E-state index in [4.69, 9.17) is 5.73 Å². The maximum atomic E-state index is 6.14. The maximum Gasteiger partial charge on any atom is 0.0428 e. The summed E-state index contributed by atoms with van der Waals surface area (Å²) in [5.41, 5.74) is 6.70. The Hall–Kier alpha value is -0.0300. The van der Waals surface area contributed by atoms with Gasteiger partial charge >= 0.3 is 0 Å². The highest BCUT2D eigenvalue weighted by Crippen LogP contribution is 2.41. The van der Waals surface area contributed by atoms with Crippen molar-refractivity contribution in [3.05, 3.63) is 22.4 Å². The van der Waals surface area contributed by atoms with Gasteiger partial charge in [0.1, 0.15) is 0 Å². The van der Waals surface area contributed by atoms with Crippen LogP contribution in [0.25, 0.3) is 0 Å². The highest BCUT2D eigenvalue weighted by atomic mass is 32.2. The van der Waals surface area contributed by atoms with E-state index in [2.05, 4.69) is 55.1 Å². The molecule has 1 unspecified atom stereocenters. The third-order valence-electron chi connectivity index (χ3n) is 3.83. The number of rotatable bonds is 4. The van der Waals surface area contributed by atoms with Crippen molar-refractivity contribution in [3.63, 3.8) is 0 Å². The molecule has 1 aromatic heterocycles. The molecule has 2 nitrogen and oxygen atoms in total. The first-order valence-electron chi connectivity index (χ1n) is 6.49. The smallest absolute Gasteiger partial charge is 0.0428 e. The fourth-order valence-corrected chi connectivity index (χ4v) is 5.18. The van der Waals surface area contributed by atoms with Gasteiger partial charge in [0.15, 0.2) is 0 Å². The molecule has 1 saturated heterocycles. The summed E-state index contributed by atoms with van der Waals surface area (Å²) >= 11 is 3.89. The third-order valence-corrected chi connectivity index (χ3v) is 6.42. The van der Waals surface area contributed by atoms with Gasteiger partial charge in [0.05, 0.1) is 0 Å². The zero-order chi connectivity index (χ0) is 13.2. The monoisotopic (exact) mass is 284 g/mol. The topological polar surface area (TPSA) is 29.3 Å². The van der Waals surface area contributed by atoms with E-state index in [9.17, 15) is 0 Å². The molecule has 2 rings (SSSR count). The van der Waals surface area contributed by atoms with E-state index in [1.165, 1.54) is 17.1 Å². The summed E-state index contributed by atoms with van der Waals surface area (Å²) in [6.07, 6.45) is 1.20. The molecule has 1 aliphatic rings. The van der Waals surface area contributed by atoms with Crippen molar-refractivity contribution in [2.75, 3.05) is 25.1 Å². The maximum absolute atomic E-state index is 6.14. The quantitative estimate of drug-likeness (QED) is 0.921. The van der Waals surface area contributed by atoms with Gasteiger partial charge in [-0.1, -0.05) is 19.9 Å². The van der Waals surface area contributed by atoms with Crippen molar-refractivity contribution in [2.24, 2.45) is 11.1 Å². The molecule has 1 fully saturated rings. The molecular weight excluding hydrogens is 260 g/mol. The third kappa shape index (κ3) is 3.10. The number of thioether (sulfide) groups is 1. The Balaban J connectivity index is 2.11. The molecule has 4 heteroatoms. The molecule has 0 bridgehead atoms. The molecule has 0 saturated carbocycles. The fourth-order valence-electron chi connectivity index (χ4n) is 2.85. The van der Waals surface area contributed by atoms with Crippen LogP contribution in [0.2, 0.25) is 0 Å². The van der Waals surface area contributed by atoms with Crippen molar-refractivity contribution in [1.82, 2.24) is 4.90 Å². The molecule has 18 heavy (non-hydrogen) atoms.